The Hall–Kier alpha value is -2.27. The summed E-state index contributed by atoms with van der Waals surface area (Å²) >= 11 is 5.78. The maximum atomic E-state index is 11.1. The smallest absolute Gasteiger partial charge is 0.250 e. The number of rotatable bonds is 3. The van der Waals surface area contributed by atoms with Gasteiger partial charge in [-0.1, -0.05) is 11.6 Å². The quantitative estimate of drug-likeness (QED) is 0.831. The van der Waals surface area contributed by atoms with Crippen molar-refractivity contribution in [2.24, 2.45) is 5.73 Å². The Morgan fingerprint density at radius 3 is 2.67 bits per heavy atom. The number of nitrogens with zero attached hydrogens (tertiary/aromatic N) is 1. The number of pyridine rings is 1. The van der Waals surface area contributed by atoms with Gasteiger partial charge in [0.1, 0.15) is 11.5 Å². The van der Waals surface area contributed by atoms with E-state index in [9.17, 15) is 4.79 Å². The number of carbonyl (C=O) groups is 1. The van der Waals surface area contributed by atoms with Crippen LogP contribution in [0.2, 0.25) is 5.02 Å². The monoisotopic (exact) mass is 263 g/mol. The average Bonchev–Trinajstić information content (AvgIpc) is 2.31. The Bertz CT molecular complexity index is 602. The Balaban J connectivity index is 2.30. The summed E-state index contributed by atoms with van der Waals surface area (Å²) in [5, 5.41) is 0.457. The fourth-order valence-corrected chi connectivity index (χ4v) is 1.56. The molecule has 0 saturated heterocycles. The number of halogens is 1. The summed E-state index contributed by atoms with van der Waals surface area (Å²) in [5.41, 5.74) is 11.3. The molecule has 6 heteroatoms. The molecule has 0 atom stereocenters. The van der Waals surface area contributed by atoms with Gasteiger partial charge in [-0.3, -0.25) is 9.78 Å². The summed E-state index contributed by atoms with van der Waals surface area (Å²) in [4.78, 5) is 15.0. The van der Waals surface area contributed by atoms with Gasteiger partial charge in [0, 0.05) is 18.0 Å². The molecular weight excluding hydrogens is 254 g/mol. The number of ether oxygens (including phenoxy) is 1. The molecule has 0 fully saturated rings. The second-order valence-corrected chi connectivity index (χ2v) is 3.99. The van der Waals surface area contributed by atoms with Gasteiger partial charge >= 0.3 is 0 Å². The second kappa shape index (κ2) is 4.93. The van der Waals surface area contributed by atoms with Gasteiger partial charge in [0.05, 0.1) is 16.8 Å². The molecule has 0 aliphatic heterocycles. The van der Waals surface area contributed by atoms with Gasteiger partial charge < -0.3 is 16.2 Å². The molecule has 4 N–H and O–H groups in total. The highest BCUT2D eigenvalue weighted by Gasteiger charge is 2.08. The Morgan fingerprint density at radius 1 is 1.22 bits per heavy atom. The van der Waals surface area contributed by atoms with Gasteiger partial charge in [-0.15, -0.1) is 0 Å². The van der Waals surface area contributed by atoms with Crippen LogP contribution in [0.5, 0.6) is 11.5 Å². The van der Waals surface area contributed by atoms with Crippen LogP contribution in [0.3, 0.4) is 0 Å². The predicted molar refractivity (Wildman–Crippen MR) is 68.7 cm³/mol. The highest BCUT2D eigenvalue weighted by Crippen LogP contribution is 2.25. The van der Waals surface area contributed by atoms with E-state index < -0.39 is 5.91 Å². The van der Waals surface area contributed by atoms with Crippen LogP contribution in [-0.4, -0.2) is 10.9 Å². The highest BCUT2D eigenvalue weighted by atomic mass is 35.5. The van der Waals surface area contributed by atoms with Gasteiger partial charge in [0.15, 0.2) is 0 Å². The molecule has 0 bridgehead atoms. The fourth-order valence-electron chi connectivity index (χ4n) is 1.40. The molecule has 0 saturated carbocycles. The van der Waals surface area contributed by atoms with Crippen molar-refractivity contribution in [3.8, 4) is 11.5 Å². The Kier molecular flexibility index (Phi) is 3.34. The predicted octanol–water partition coefficient (Wildman–Crippen LogP) is 2.21. The maximum absolute atomic E-state index is 11.1. The van der Waals surface area contributed by atoms with E-state index in [2.05, 4.69) is 4.98 Å². The van der Waals surface area contributed by atoms with Gasteiger partial charge in [-0.25, -0.2) is 0 Å². The van der Waals surface area contributed by atoms with Crippen LogP contribution < -0.4 is 16.2 Å². The van der Waals surface area contributed by atoms with E-state index in [4.69, 9.17) is 27.8 Å². The molecule has 1 heterocycles. The minimum Gasteiger partial charge on any atom is -0.456 e. The van der Waals surface area contributed by atoms with E-state index in [1.54, 1.807) is 18.2 Å². The first kappa shape index (κ1) is 12.2. The summed E-state index contributed by atoms with van der Waals surface area (Å²) in [7, 11) is 0. The SMILES string of the molecule is NC(=O)c1cc(Oc2cncc(Cl)c2)ccc1N. The van der Waals surface area contributed by atoms with Crippen LogP contribution in [0.15, 0.2) is 36.7 Å². The molecule has 0 radical (unpaired) electrons. The van der Waals surface area contributed by atoms with Crippen molar-refractivity contribution in [2.75, 3.05) is 5.73 Å². The minimum atomic E-state index is -0.609. The number of carbonyl (C=O) groups excluding carboxylic acids is 1. The van der Waals surface area contributed by atoms with Crippen LogP contribution in [0.4, 0.5) is 5.69 Å². The third-order valence-electron chi connectivity index (χ3n) is 2.21. The Labute approximate surface area is 108 Å². The van der Waals surface area contributed by atoms with Crippen molar-refractivity contribution in [1.29, 1.82) is 0 Å². The van der Waals surface area contributed by atoms with Crippen LogP contribution in [0.25, 0.3) is 0 Å². The lowest BCUT2D eigenvalue weighted by molar-refractivity contribution is 0.100. The lowest BCUT2D eigenvalue weighted by atomic mass is 10.1. The number of benzene rings is 1. The zero-order chi connectivity index (χ0) is 13.1. The maximum Gasteiger partial charge on any atom is 0.250 e. The van der Waals surface area contributed by atoms with Crippen molar-refractivity contribution < 1.29 is 9.53 Å². The molecule has 2 aromatic rings. The minimum absolute atomic E-state index is 0.211. The number of nitrogen functional groups attached to an aromatic ring is 1. The number of nitrogens with two attached hydrogens (primary N) is 2. The number of hydrogen-bond donors (Lipinski definition) is 2. The van der Waals surface area contributed by atoms with E-state index in [1.165, 1.54) is 18.5 Å². The second-order valence-electron chi connectivity index (χ2n) is 3.55. The van der Waals surface area contributed by atoms with E-state index in [0.717, 1.165) is 0 Å². The highest BCUT2D eigenvalue weighted by molar-refractivity contribution is 6.30. The number of primary amides is 1. The Morgan fingerprint density at radius 2 is 2.00 bits per heavy atom. The van der Waals surface area contributed by atoms with Crippen molar-refractivity contribution in [2.45, 2.75) is 0 Å². The number of hydrogen-bond acceptors (Lipinski definition) is 4. The molecule has 18 heavy (non-hydrogen) atoms. The number of aromatic nitrogens is 1. The lowest BCUT2D eigenvalue weighted by Gasteiger charge is -2.08. The van der Waals surface area contributed by atoms with Crippen LogP contribution >= 0.6 is 11.6 Å². The fraction of sp³-hybridized carbons (Fsp3) is 0. The summed E-state index contributed by atoms with van der Waals surface area (Å²) in [6, 6.07) is 6.25. The average molecular weight is 264 g/mol. The third kappa shape index (κ3) is 2.70. The van der Waals surface area contributed by atoms with Crippen molar-refractivity contribution in [3.63, 3.8) is 0 Å². The molecule has 1 aromatic heterocycles. The topological polar surface area (TPSA) is 91.2 Å². The van der Waals surface area contributed by atoms with Crippen molar-refractivity contribution >= 4 is 23.2 Å². The summed E-state index contributed by atoms with van der Waals surface area (Å²) in [6.45, 7) is 0. The van der Waals surface area contributed by atoms with E-state index in [1.807, 2.05) is 0 Å². The molecule has 1 aromatic carbocycles. The molecular formula is C12H10ClN3O2. The molecule has 1 amide bonds. The third-order valence-corrected chi connectivity index (χ3v) is 2.41. The largest absolute Gasteiger partial charge is 0.456 e. The van der Waals surface area contributed by atoms with Gasteiger partial charge in [-0.05, 0) is 18.2 Å². The van der Waals surface area contributed by atoms with Crippen LogP contribution in [0, 0.1) is 0 Å². The normalized spacial score (nSPS) is 10.1. The summed E-state index contributed by atoms with van der Waals surface area (Å²) < 4.78 is 5.49. The molecule has 0 spiro atoms. The zero-order valence-corrected chi connectivity index (χ0v) is 10.0. The zero-order valence-electron chi connectivity index (χ0n) is 9.26. The van der Waals surface area contributed by atoms with Crippen LogP contribution in [-0.2, 0) is 0 Å². The van der Waals surface area contributed by atoms with Crippen molar-refractivity contribution in [3.05, 3.63) is 47.2 Å². The number of amides is 1. The summed E-state index contributed by atoms with van der Waals surface area (Å²) in [6.07, 6.45) is 3.00. The first-order valence-corrected chi connectivity index (χ1v) is 5.42. The van der Waals surface area contributed by atoms with Gasteiger partial charge in [0.2, 0.25) is 0 Å². The van der Waals surface area contributed by atoms with E-state index in [0.29, 0.717) is 22.2 Å². The van der Waals surface area contributed by atoms with E-state index in [-0.39, 0.29) is 5.56 Å². The van der Waals surface area contributed by atoms with E-state index >= 15 is 0 Å². The molecule has 2 rings (SSSR count). The molecule has 92 valence electrons. The first-order valence-electron chi connectivity index (χ1n) is 5.04. The molecule has 0 unspecified atom stereocenters. The van der Waals surface area contributed by atoms with Crippen LogP contribution in [0.1, 0.15) is 10.4 Å². The number of anilines is 1. The molecule has 0 aliphatic carbocycles. The molecule has 5 nitrogen and oxygen atoms in total. The van der Waals surface area contributed by atoms with Gasteiger partial charge in [-0.2, -0.15) is 0 Å². The molecule has 0 aliphatic rings. The van der Waals surface area contributed by atoms with Gasteiger partial charge in [0.25, 0.3) is 5.91 Å². The summed E-state index contributed by atoms with van der Waals surface area (Å²) in [5.74, 6) is 0.284. The standard InChI is InChI=1S/C12H10ClN3O2/c13-7-3-9(6-16-5-7)18-8-1-2-11(14)10(4-8)12(15)17/h1-6H,14H2,(H2,15,17). The first-order chi connectivity index (χ1) is 8.56. The van der Waals surface area contributed by atoms with Crippen molar-refractivity contribution in [1.82, 2.24) is 4.98 Å². The lowest BCUT2D eigenvalue weighted by Crippen LogP contribution is -2.13.